The average molecular weight is 302 g/mol. The van der Waals surface area contributed by atoms with Gasteiger partial charge in [-0.3, -0.25) is 9.78 Å². The van der Waals surface area contributed by atoms with E-state index in [1.165, 1.54) is 24.2 Å². The summed E-state index contributed by atoms with van der Waals surface area (Å²) >= 11 is 1.44. The second kappa shape index (κ2) is 6.67. The van der Waals surface area contributed by atoms with E-state index in [-0.39, 0.29) is 5.91 Å². The number of nitrogens with one attached hydrogen (secondary N) is 1. The maximum Gasteiger partial charge on any atom is 0.273 e. The Morgan fingerprint density at radius 1 is 1.24 bits per heavy atom. The minimum atomic E-state index is 0.0485. The average Bonchev–Trinajstić information content (AvgIpc) is 2.81. The van der Waals surface area contributed by atoms with Crippen LogP contribution in [0.1, 0.15) is 36.2 Å². The number of hydrogen-bond donors (Lipinski definition) is 1. The zero-order valence-corrected chi connectivity index (χ0v) is 12.6. The Kier molecular flexibility index (Phi) is 4.45. The maximum absolute atomic E-state index is 12.4. The monoisotopic (exact) mass is 302 g/mol. The molecule has 0 radical (unpaired) electrons. The lowest BCUT2D eigenvalue weighted by molar-refractivity contribution is 0.0756. The third kappa shape index (κ3) is 3.58. The van der Waals surface area contributed by atoms with E-state index in [2.05, 4.69) is 15.3 Å². The van der Waals surface area contributed by atoms with Crippen LogP contribution in [0.25, 0.3) is 0 Å². The molecule has 1 aliphatic heterocycles. The van der Waals surface area contributed by atoms with E-state index >= 15 is 0 Å². The molecule has 21 heavy (non-hydrogen) atoms. The lowest BCUT2D eigenvalue weighted by Crippen LogP contribution is -2.32. The minimum absolute atomic E-state index is 0.0485. The molecule has 3 heterocycles. The largest absolute Gasteiger partial charge is 0.337 e. The number of hydrogen-bond acceptors (Lipinski definition) is 5. The van der Waals surface area contributed by atoms with Crippen molar-refractivity contribution in [2.24, 2.45) is 0 Å². The van der Waals surface area contributed by atoms with Crippen molar-refractivity contribution in [3.05, 3.63) is 35.6 Å². The van der Waals surface area contributed by atoms with Crippen molar-refractivity contribution in [2.75, 3.05) is 18.4 Å². The van der Waals surface area contributed by atoms with Crippen molar-refractivity contribution >= 4 is 28.1 Å². The number of pyridine rings is 1. The second-order valence-electron chi connectivity index (χ2n) is 5.11. The SMILES string of the molecule is O=C(c1csc(Nc2cccnc2)n1)N1CCCCCC1. The summed E-state index contributed by atoms with van der Waals surface area (Å²) in [6, 6.07) is 3.78. The molecule has 0 aliphatic carbocycles. The molecule has 1 amide bonds. The molecule has 0 aromatic carbocycles. The first-order chi connectivity index (χ1) is 10.3. The molecule has 110 valence electrons. The molecule has 1 saturated heterocycles. The molecule has 0 bridgehead atoms. The summed E-state index contributed by atoms with van der Waals surface area (Å²) in [5, 5.41) is 5.72. The van der Waals surface area contributed by atoms with E-state index < -0.39 is 0 Å². The number of nitrogens with zero attached hydrogens (tertiary/aromatic N) is 3. The van der Waals surface area contributed by atoms with Gasteiger partial charge in [-0.05, 0) is 25.0 Å². The van der Waals surface area contributed by atoms with Crippen molar-refractivity contribution in [2.45, 2.75) is 25.7 Å². The minimum Gasteiger partial charge on any atom is -0.337 e. The maximum atomic E-state index is 12.4. The third-order valence-corrected chi connectivity index (χ3v) is 4.29. The Morgan fingerprint density at radius 3 is 2.76 bits per heavy atom. The summed E-state index contributed by atoms with van der Waals surface area (Å²) in [7, 11) is 0. The van der Waals surface area contributed by atoms with Gasteiger partial charge in [-0.1, -0.05) is 12.8 Å². The molecule has 1 N–H and O–H groups in total. The zero-order valence-electron chi connectivity index (χ0n) is 11.8. The quantitative estimate of drug-likeness (QED) is 0.945. The van der Waals surface area contributed by atoms with E-state index in [0.29, 0.717) is 5.69 Å². The topological polar surface area (TPSA) is 58.1 Å². The van der Waals surface area contributed by atoms with Gasteiger partial charge in [-0.25, -0.2) is 4.98 Å². The first-order valence-corrected chi connectivity index (χ1v) is 8.13. The molecule has 6 heteroatoms. The van der Waals surface area contributed by atoms with E-state index in [4.69, 9.17) is 0 Å². The zero-order chi connectivity index (χ0) is 14.5. The van der Waals surface area contributed by atoms with Crippen LogP contribution < -0.4 is 5.32 Å². The van der Waals surface area contributed by atoms with Crippen LogP contribution in [0.4, 0.5) is 10.8 Å². The van der Waals surface area contributed by atoms with E-state index in [1.54, 1.807) is 12.4 Å². The molecule has 5 nitrogen and oxygen atoms in total. The van der Waals surface area contributed by atoms with Gasteiger partial charge in [-0.2, -0.15) is 0 Å². The molecule has 0 atom stereocenters. The van der Waals surface area contributed by atoms with Gasteiger partial charge < -0.3 is 10.2 Å². The van der Waals surface area contributed by atoms with Crippen LogP contribution in [-0.2, 0) is 0 Å². The molecule has 2 aromatic rings. The summed E-state index contributed by atoms with van der Waals surface area (Å²) in [6.07, 6.45) is 8.08. The molecule has 1 aliphatic rings. The highest BCUT2D eigenvalue weighted by Gasteiger charge is 2.19. The highest BCUT2D eigenvalue weighted by Crippen LogP contribution is 2.22. The van der Waals surface area contributed by atoms with E-state index in [1.807, 2.05) is 22.4 Å². The van der Waals surface area contributed by atoms with Crippen molar-refractivity contribution in [3.8, 4) is 0 Å². The van der Waals surface area contributed by atoms with Gasteiger partial charge in [0.05, 0.1) is 11.9 Å². The Bertz CT molecular complexity index is 591. The first-order valence-electron chi connectivity index (χ1n) is 7.25. The second-order valence-corrected chi connectivity index (χ2v) is 5.97. The molecular formula is C15H18N4OS. The van der Waals surface area contributed by atoms with Gasteiger partial charge in [0.25, 0.3) is 5.91 Å². The van der Waals surface area contributed by atoms with Gasteiger partial charge in [0.2, 0.25) is 0 Å². The standard InChI is InChI=1S/C15H18N4OS/c20-14(19-8-3-1-2-4-9-19)13-11-21-15(18-13)17-12-6-5-7-16-10-12/h5-7,10-11H,1-4,8-9H2,(H,17,18). The predicted molar refractivity (Wildman–Crippen MR) is 84.0 cm³/mol. The lowest BCUT2D eigenvalue weighted by atomic mass is 10.2. The fraction of sp³-hybridized carbons (Fsp3) is 0.400. The third-order valence-electron chi connectivity index (χ3n) is 3.53. The summed E-state index contributed by atoms with van der Waals surface area (Å²) in [4.78, 5) is 22.8. The molecule has 2 aromatic heterocycles. The van der Waals surface area contributed by atoms with Gasteiger partial charge in [-0.15, -0.1) is 11.3 Å². The van der Waals surface area contributed by atoms with Crippen LogP contribution in [0, 0.1) is 0 Å². The number of thiazole rings is 1. The van der Waals surface area contributed by atoms with Gasteiger partial charge >= 0.3 is 0 Å². The highest BCUT2D eigenvalue weighted by atomic mass is 32.1. The fourth-order valence-corrected chi connectivity index (χ4v) is 3.13. The summed E-state index contributed by atoms with van der Waals surface area (Å²) in [5.74, 6) is 0.0485. The van der Waals surface area contributed by atoms with E-state index in [9.17, 15) is 4.79 Å². The number of carbonyl (C=O) groups is 1. The molecule has 0 spiro atoms. The molecule has 0 unspecified atom stereocenters. The molecule has 1 fully saturated rings. The predicted octanol–water partition coefficient (Wildman–Crippen LogP) is 3.30. The Labute approximate surface area is 128 Å². The number of aromatic nitrogens is 2. The van der Waals surface area contributed by atoms with E-state index in [0.717, 1.165) is 36.8 Å². The summed E-state index contributed by atoms with van der Waals surface area (Å²) < 4.78 is 0. The van der Waals surface area contributed by atoms with Crippen molar-refractivity contribution in [3.63, 3.8) is 0 Å². The highest BCUT2D eigenvalue weighted by molar-refractivity contribution is 7.14. The molecule has 0 saturated carbocycles. The van der Waals surface area contributed by atoms with Crippen molar-refractivity contribution in [1.82, 2.24) is 14.9 Å². The fourth-order valence-electron chi connectivity index (χ4n) is 2.43. The van der Waals surface area contributed by atoms with Gasteiger partial charge in [0, 0.05) is 24.7 Å². The van der Waals surface area contributed by atoms with Crippen LogP contribution in [-0.4, -0.2) is 33.9 Å². The van der Waals surface area contributed by atoms with Crippen LogP contribution >= 0.6 is 11.3 Å². The summed E-state index contributed by atoms with van der Waals surface area (Å²) in [6.45, 7) is 1.70. The van der Waals surface area contributed by atoms with Crippen LogP contribution in [0.3, 0.4) is 0 Å². The Balaban J connectivity index is 1.67. The van der Waals surface area contributed by atoms with Crippen LogP contribution in [0.5, 0.6) is 0 Å². The Morgan fingerprint density at radius 2 is 2.05 bits per heavy atom. The normalized spacial score (nSPS) is 15.5. The molecular weight excluding hydrogens is 284 g/mol. The Hall–Kier alpha value is -1.95. The number of carbonyl (C=O) groups excluding carboxylic acids is 1. The smallest absolute Gasteiger partial charge is 0.273 e. The number of likely N-dealkylation sites (tertiary alicyclic amines) is 1. The van der Waals surface area contributed by atoms with Crippen molar-refractivity contribution in [1.29, 1.82) is 0 Å². The van der Waals surface area contributed by atoms with Crippen LogP contribution in [0.2, 0.25) is 0 Å². The van der Waals surface area contributed by atoms with Crippen LogP contribution in [0.15, 0.2) is 29.9 Å². The number of amides is 1. The summed E-state index contributed by atoms with van der Waals surface area (Å²) in [5.41, 5.74) is 1.41. The van der Waals surface area contributed by atoms with Crippen molar-refractivity contribution < 1.29 is 4.79 Å². The molecule has 3 rings (SSSR count). The number of rotatable bonds is 3. The first kappa shape index (κ1) is 14.0. The van der Waals surface area contributed by atoms with Gasteiger partial charge in [0.1, 0.15) is 5.69 Å². The van der Waals surface area contributed by atoms with Gasteiger partial charge in [0.15, 0.2) is 5.13 Å². The lowest BCUT2D eigenvalue weighted by Gasteiger charge is -2.18. The number of anilines is 2.